The van der Waals surface area contributed by atoms with Crippen LogP contribution in [0.5, 0.6) is 0 Å². The van der Waals surface area contributed by atoms with Crippen molar-refractivity contribution in [2.24, 2.45) is 10.7 Å². The molecule has 6 nitrogen and oxygen atoms in total. The first-order valence-corrected chi connectivity index (χ1v) is 9.12. The molecule has 1 amide bonds. The number of benzene rings is 1. The van der Waals surface area contributed by atoms with Gasteiger partial charge in [0, 0.05) is 59.5 Å². The van der Waals surface area contributed by atoms with E-state index < -0.39 is 46.5 Å². The molecule has 0 spiro atoms. The number of hydrogen-bond acceptors (Lipinski definition) is 5. The molecule has 1 aliphatic rings. The summed E-state index contributed by atoms with van der Waals surface area (Å²) in [5.74, 6) is -4.18. The highest BCUT2D eigenvalue weighted by Crippen LogP contribution is 2.43. The molecule has 0 aliphatic carbocycles. The third-order valence-corrected chi connectivity index (χ3v) is 5.13. The Bertz CT molecular complexity index is 1270. The van der Waals surface area contributed by atoms with Crippen molar-refractivity contribution in [1.29, 1.82) is 0 Å². The topological polar surface area (TPSA) is 84.5 Å². The van der Waals surface area contributed by atoms with Crippen molar-refractivity contribution in [3.05, 3.63) is 83.2 Å². The molecule has 4 rings (SSSR count). The molecule has 3 heterocycles. The van der Waals surface area contributed by atoms with Crippen molar-refractivity contribution in [1.82, 2.24) is 14.9 Å². The van der Waals surface area contributed by atoms with Crippen LogP contribution in [0.4, 0.5) is 22.0 Å². The van der Waals surface area contributed by atoms with Gasteiger partial charge in [0.15, 0.2) is 11.5 Å². The number of aromatic nitrogens is 2. The minimum Gasteiger partial charge on any atom is -0.369 e. The van der Waals surface area contributed by atoms with Gasteiger partial charge in [-0.2, -0.15) is 0 Å². The van der Waals surface area contributed by atoms with E-state index >= 15 is 4.39 Å². The Labute approximate surface area is 178 Å². The van der Waals surface area contributed by atoms with E-state index in [9.17, 15) is 22.4 Å². The van der Waals surface area contributed by atoms with Gasteiger partial charge >= 0.3 is 0 Å². The lowest BCUT2D eigenvalue weighted by atomic mass is 9.81. The van der Waals surface area contributed by atoms with Crippen LogP contribution in [0.15, 0.2) is 54.0 Å². The summed E-state index contributed by atoms with van der Waals surface area (Å²) >= 11 is 0. The summed E-state index contributed by atoms with van der Waals surface area (Å²) in [6.07, 6.45) is 1.08. The van der Waals surface area contributed by atoms with Gasteiger partial charge in [-0.15, -0.1) is 0 Å². The Morgan fingerprint density at radius 1 is 0.969 bits per heavy atom. The Morgan fingerprint density at radius 2 is 1.69 bits per heavy atom. The van der Waals surface area contributed by atoms with Gasteiger partial charge in [0.05, 0.1) is 6.20 Å². The lowest BCUT2D eigenvalue weighted by Gasteiger charge is -2.27. The van der Waals surface area contributed by atoms with Crippen molar-refractivity contribution in [3.63, 3.8) is 0 Å². The number of amides is 1. The van der Waals surface area contributed by atoms with Crippen LogP contribution in [0.2, 0.25) is 0 Å². The lowest BCUT2D eigenvalue weighted by molar-refractivity contribution is -0.129. The third-order valence-electron chi connectivity index (χ3n) is 5.13. The van der Waals surface area contributed by atoms with Crippen LogP contribution >= 0.6 is 0 Å². The Kier molecular flexibility index (Phi) is 5.11. The van der Waals surface area contributed by atoms with Crippen molar-refractivity contribution >= 4 is 11.9 Å². The van der Waals surface area contributed by atoms with Crippen molar-refractivity contribution in [3.8, 4) is 11.1 Å². The number of alkyl halides is 2. The van der Waals surface area contributed by atoms with E-state index in [0.717, 1.165) is 47.9 Å². The van der Waals surface area contributed by atoms with Gasteiger partial charge in [-0.1, -0.05) is 0 Å². The second-order valence-corrected chi connectivity index (χ2v) is 7.06. The second-order valence-electron chi connectivity index (χ2n) is 7.06. The van der Waals surface area contributed by atoms with Gasteiger partial charge in [-0.3, -0.25) is 19.7 Å². The van der Waals surface area contributed by atoms with Crippen LogP contribution in [0.3, 0.4) is 0 Å². The summed E-state index contributed by atoms with van der Waals surface area (Å²) in [6.45, 7) is 0. The smallest absolute Gasteiger partial charge is 0.266 e. The molecule has 3 aromatic rings. The number of carbonyl (C=O) groups is 1. The molecular formula is C21H14F5N5O. The molecule has 0 saturated carbocycles. The number of likely N-dealkylation sites (N-methyl/N-ethyl adjacent to an activating group) is 1. The number of guanidine groups is 1. The lowest BCUT2D eigenvalue weighted by Crippen LogP contribution is -2.41. The summed E-state index contributed by atoms with van der Waals surface area (Å²) in [5, 5.41) is 0. The van der Waals surface area contributed by atoms with Gasteiger partial charge in [0.1, 0.15) is 17.5 Å². The van der Waals surface area contributed by atoms with Gasteiger partial charge in [-0.25, -0.2) is 26.9 Å². The number of nitrogens with zero attached hydrogens (tertiary/aromatic N) is 4. The number of carbonyl (C=O) groups excluding carboxylic acids is 1. The maximum atomic E-state index is 15.1. The van der Waals surface area contributed by atoms with E-state index in [1.165, 1.54) is 7.05 Å². The number of nitrogens with two attached hydrogens (primary N) is 1. The number of hydrogen-bond donors (Lipinski definition) is 1. The predicted molar refractivity (Wildman–Crippen MR) is 104 cm³/mol. The SMILES string of the molecule is CN1C(=O)C(c2cncc(C(F)F)c2)(c2cc(-c3cncc(F)c3)c(F)cc2F)N=C1N. The van der Waals surface area contributed by atoms with Crippen molar-refractivity contribution in [2.45, 2.75) is 12.0 Å². The van der Waals surface area contributed by atoms with Gasteiger partial charge in [0.25, 0.3) is 12.3 Å². The molecule has 0 fully saturated rings. The standard InChI is InChI=1S/C21H14F5N5O/c1-31-19(32)21(30-20(31)27,12-2-11(18(25)26)7-28-8-12)15-4-14(16(23)5-17(15)24)10-3-13(22)9-29-6-10/h2-9,18H,1H3,(H2,27,30). The number of pyridine rings is 2. The first kappa shape index (κ1) is 21.3. The normalized spacial score (nSPS) is 18.4. The molecule has 1 atom stereocenters. The van der Waals surface area contributed by atoms with E-state index in [1.807, 2.05) is 0 Å². The molecule has 2 aromatic heterocycles. The fraction of sp³-hybridized carbons (Fsp3) is 0.143. The largest absolute Gasteiger partial charge is 0.369 e. The molecule has 164 valence electrons. The van der Waals surface area contributed by atoms with E-state index in [2.05, 4.69) is 15.0 Å². The number of rotatable bonds is 4. The first-order valence-electron chi connectivity index (χ1n) is 9.12. The zero-order chi connectivity index (χ0) is 23.2. The van der Waals surface area contributed by atoms with Crippen molar-refractivity contribution < 1.29 is 26.7 Å². The Morgan fingerprint density at radius 3 is 2.31 bits per heavy atom. The molecule has 11 heteroatoms. The van der Waals surface area contributed by atoms with Crippen LogP contribution in [0.25, 0.3) is 11.1 Å². The third kappa shape index (κ3) is 3.26. The molecular weight excluding hydrogens is 433 g/mol. The first-order chi connectivity index (χ1) is 15.1. The van der Waals surface area contributed by atoms with Crippen LogP contribution < -0.4 is 5.73 Å². The minimum atomic E-state index is -2.93. The molecule has 0 bridgehead atoms. The second kappa shape index (κ2) is 7.66. The Balaban J connectivity index is 2.03. The van der Waals surface area contributed by atoms with Gasteiger partial charge in [0.2, 0.25) is 0 Å². The molecule has 1 aromatic carbocycles. The van der Waals surface area contributed by atoms with Crippen LogP contribution in [0.1, 0.15) is 23.1 Å². The van der Waals surface area contributed by atoms with Crippen LogP contribution in [0, 0.1) is 17.5 Å². The monoisotopic (exact) mass is 447 g/mol. The van der Waals surface area contributed by atoms with Gasteiger partial charge in [-0.05, 0) is 18.2 Å². The molecule has 0 saturated heterocycles. The molecule has 1 unspecified atom stereocenters. The maximum absolute atomic E-state index is 15.1. The molecule has 1 aliphatic heterocycles. The summed E-state index contributed by atoms with van der Waals surface area (Å²) in [7, 11) is 1.27. The quantitative estimate of drug-likeness (QED) is 0.621. The van der Waals surface area contributed by atoms with Crippen LogP contribution in [-0.4, -0.2) is 33.8 Å². The highest BCUT2D eigenvalue weighted by molar-refractivity contribution is 6.09. The minimum absolute atomic E-state index is 0.0332. The van der Waals surface area contributed by atoms with Crippen LogP contribution in [-0.2, 0) is 10.3 Å². The zero-order valence-electron chi connectivity index (χ0n) is 16.4. The summed E-state index contributed by atoms with van der Waals surface area (Å²) in [5.41, 5.74) is 2.05. The maximum Gasteiger partial charge on any atom is 0.266 e. The van der Waals surface area contributed by atoms with Crippen molar-refractivity contribution in [2.75, 3.05) is 7.05 Å². The summed E-state index contributed by atoms with van der Waals surface area (Å²) in [4.78, 5) is 25.6. The van der Waals surface area contributed by atoms with Gasteiger partial charge < -0.3 is 5.73 Å². The number of halogens is 5. The summed E-state index contributed by atoms with van der Waals surface area (Å²) in [6, 6.07) is 3.39. The average Bonchev–Trinajstić information content (AvgIpc) is 2.98. The molecule has 2 N–H and O–H groups in total. The van der Waals surface area contributed by atoms with E-state index in [1.54, 1.807) is 0 Å². The highest BCUT2D eigenvalue weighted by atomic mass is 19.3. The number of aliphatic imine (C=N–C) groups is 1. The van der Waals surface area contributed by atoms with E-state index in [4.69, 9.17) is 5.73 Å². The fourth-order valence-corrected chi connectivity index (χ4v) is 3.54. The predicted octanol–water partition coefficient (Wildman–Crippen LogP) is 3.53. The summed E-state index contributed by atoms with van der Waals surface area (Å²) < 4.78 is 70.0. The molecule has 32 heavy (non-hydrogen) atoms. The molecule has 0 radical (unpaired) electrons. The fourth-order valence-electron chi connectivity index (χ4n) is 3.54. The average molecular weight is 447 g/mol. The highest BCUT2D eigenvalue weighted by Gasteiger charge is 2.51. The van der Waals surface area contributed by atoms with E-state index in [0.29, 0.717) is 6.07 Å². The van der Waals surface area contributed by atoms with E-state index in [-0.39, 0.29) is 22.6 Å². The Hall–Kier alpha value is -3.89. The zero-order valence-corrected chi connectivity index (χ0v) is 16.4.